The first-order valence-electron chi connectivity index (χ1n) is 7.82. The minimum absolute atomic E-state index is 0. The molecule has 26 heavy (non-hydrogen) atoms. The third-order valence-corrected chi connectivity index (χ3v) is 4.05. The van der Waals surface area contributed by atoms with Crippen LogP contribution in [0.1, 0.15) is 18.1 Å². The zero-order valence-corrected chi connectivity index (χ0v) is 15.8. The van der Waals surface area contributed by atoms with E-state index in [1.807, 2.05) is 43.3 Å². The number of hydrogen-bond donors (Lipinski definition) is 3. The lowest BCUT2D eigenvalue weighted by molar-refractivity contribution is 0.174. The van der Waals surface area contributed by atoms with Gasteiger partial charge in [-0.05, 0) is 42.3 Å². The van der Waals surface area contributed by atoms with Crippen LogP contribution in [-0.4, -0.2) is 6.79 Å². The van der Waals surface area contributed by atoms with Crippen LogP contribution in [0.5, 0.6) is 17.2 Å². The largest absolute Gasteiger partial charge is 0.456 e. The van der Waals surface area contributed by atoms with E-state index < -0.39 is 0 Å². The minimum Gasteiger partial charge on any atom is -0.456 e. The molecule has 0 bridgehead atoms. The predicted molar refractivity (Wildman–Crippen MR) is 105 cm³/mol. The molecule has 6 nitrogen and oxygen atoms in total. The van der Waals surface area contributed by atoms with Crippen molar-refractivity contribution in [3.8, 4) is 17.2 Å². The second kappa shape index (κ2) is 8.40. The van der Waals surface area contributed by atoms with Gasteiger partial charge in [-0.3, -0.25) is 0 Å². The van der Waals surface area contributed by atoms with Crippen molar-refractivity contribution in [2.75, 3.05) is 12.1 Å². The quantitative estimate of drug-likeness (QED) is 0.732. The van der Waals surface area contributed by atoms with E-state index in [0.717, 1.165) is 47.2 Å². The summed E-state index contributed by atoms with van der Waals surface area (Å²) in [6, 6.07) is 12.0. The van der Waals surface area contributed by atoms with Gasteiger partial charge in [-0.25, -0.2) is 0 Å². The van der Waals surface area contributed by atoms with Gasteiger partial charge >= 0.3 is 0 Å². The van der Waals surface area contributed by atoms with Gasteiger partial charge in [-0.15, -0.1) is 24.8 Å². The SMILES string of the molecule is CC1=C(N)Nc2cc(CNCc3ccc4c(c3)OCO4)ccc2O1.Cl.Cl. The monoisotopic (exact) mass is 397 g/mol. The number of halogens is 2. The highest BCUT2D eigenvalue weighted by Crippen LogP contribution is 2.33. The van der Waals surface area contributed by atoms with Crippen LogP contribution in [-0.2, 0) is 13.1 Å². The molecule has 8 heteroatoms. The van der Waals surface area contributed by atoms with Crippen LogP contribution in [0.25, 0.3) is 0 Å². The molecule has 2 aliphatic rings. The fourth-order valence-electron chi connectivity index (χ4n) is 2.73. The van der Waals surface area contributed by atoms with Crippen LogP contribution in [0.15, 0.2) is 48.0 Å². The van der Waals surface area contributed by atoms with Gasteiger partial charge in [0.15, 0.2) is 17.2 Å². The van der Waals surface area contributed by atoms with Gasteiger partial charge in [-0.1, -0.05) is 12.1 Å². The number of rotatable bonds is 4. The van der Waals surface area contributed by atoms with E-state index in [0.29, 0.717) is 18.4 Å². The fraction of sp³-hybridized carbons (Fsp3) is 0.222. The summed E-state index contributed by atoms with van der Waals surface area (Å²) in [6.45, 7) is 3.63. The molecule has 2 aromatic rings. The Morgan fingerprint density at radius 3 is 2.38 bits per heavy atom. The van der Waals surface area contributed by atoms with Gasteiger partial charge in [0.2, 0.25) is 6.79 Å². The topological polar surface area (TPSA) is 77.8 Å². The van der Waals surface area contributed by atoms with Crippen LogP contribution in [0.4, 0.5) is 5.69 Å². The molecular weight excluding hydrogens is 377 g/mol. The predicted octanol–water partition coefficient (Wildman–Crippen LogP) is 3.50. The summed E-state index contributed by atoms with van der Waals surface area (Å²) in [5.41, 5.74) is 9.06. The molecule has 140 valence electrons. The maximum absolute atomic E-state index is 5.87. The average Bonchev–Trinajstić information content (AvgIpc) is 3.04. The van der Waals surface area contributed by atoms with Gasteiger partial charge in [0.05, 0.1) is 5.69 Å². The van der Waals surface area contributed by atoms with E-state index in [9.17, 15) is 0 Å². The standard InChI is InChI=1S/C18H19N3O3.2ClH/c1-11-18(19)21-14-6-12(2-4-15(14)24-11)8-20-9-13-3-5-16-17(7-13)23-10-22-16;;/h2-7,20-21H,8-10,19H2,1H3;2*1H. The molecule has 0 atom stereocenters. The molecule has 0 aliphatic carbocycles. The van der Waals surface area contributed by atoms with Gasteiger partial charge in [0.25, 0.3) is 0 Å². The Kier molecular flexibility index (Phi) is 6.47. The number of nitrogens with one attached hydrogen (secondary N) is 2. The molecular formula is C18H21Cl2N3O3. The summed E-state index contributed by atoms with van der Waals surface area (Å²) in [5, 5.41) is 6.59. The molecule has 2 aliphatic heterocycles. The number of benzene rings is 2. The highest BCUT2D eigenvalue weighted by Gasteiger charge is 2.15. The summed E-state index contributed by atoms with van der Waals surface area (Å²) >= 11 is 0. The third kappa shape index (κ3) is 4.09. The minimum atomic E-state index is 0. The number of allylic oxidation sites excluding steroid dienone is 1. The Morgan fingerprint density at radius 1 is 0.962 bits per heavy atom. The van der Waals surface area contributed by atoms with Crippen molar-refractivity contribution in [1.82, 2.24) is 5.32 Å². The lowest BCUT2D eigenvalue weighted by Crippen LogP contribution is -2.19. The summed E-state index contributed by atoms with van der Waals surface area (Å²) in [5.74, 6) is 3.65. The van der Waals surface area contributed by atoms with Crippen LogP contribution in [0.2, 0.25) is 0 Å². The van der Waals surface area contributed by atoms with Crippen molar-refractivity contribution < 1.29 is 14.2 Å². The summed E-state index contributed by atoms with van der Waals surface area (Å²) in [6.07, 6.45) is 0. The summed E-state index contributed by atoms with van der Waals surface area (Å²) in [4.78, 5) is 0. The molecule has 0 saturated heterocycles. The smallest absolute Gasteiger partial charge is 0.231 e. The lowest BCUT2D eigenvalue weighted by atomic mass is 10.1. The van der Waals surface area contributed by atoms with Crippen molar-refractivity contribution in [2.45, 2.75) is 20.0 Å². The average molecular weight is 398 g/mol. The zero-order valence-electron chi connectivity index (χ0n) is 14.2. The molecule has 0 amide bonds. The van der Waals surface area contributed by atoms with E-state index in [-0.39, 0.29) is 24.8 Å². The van der Waals surface area contributed by atoms with E-state index in [2.05, 4.69) is 10.6 Å². The van der Waals surface area contributed by atoms with Gasteiger partial charge in [-0.2, -0.15) is 0 Å². The molecule has 0 spiro atoms. The second-order valence-electron chi connectivity index (χ2n) is 5.82. The number of anilines is 1. The van der Waals surface area contributed by atoms with Crippen molar-refractivity contribution in [1.29, 1.82) is 0 Å². The number of nitrogens with two attached hydrogens (primary N) is 1. The van der Waals surface area contributed by atoms with E-state index >= 15 is 0 Å². The van der Waals surface area contributed by atoms with Crippen molar-refractivity contribution in [3.63, 3.8) is 0 Å². The molecule has 0 unspecified atom stereocenters. The highest BCUT2D eigenvalue weighted by molar-refractivity contribution is 5.85. The number of fused-ring (bicyclic) bond motifs is 2. The molecule has 0 aromatic heterocycles. The van der Waals surface area contributed by atoms with Crippen molar-refractivity contribution in [2.24, 2.45) is 5.73 Å². The van der Waals surface area contributed by atoms with Crippen LogP contribution in [0, 0.1) is 0 Å². The van der Waals surface area contributed by atoms with E-state index in [4.69, 9.17) is 19.9 Å². The lowest BCUT2D eigenvalue weighted by Gasteiger charge is -2.21. The van der Waals surface area contributed by atoms with Crippen LogP contribution in [0.3, 0.4) is 0 Å². The maximum atomic E-state index is 5.87. The molecule has 0 saturated carbocycles. The van der Waals surface area contributed by atoms with E-state index in [1.165, 1.54) is 0 Å². The number of ether oxygens (including phenoxy) is 3. The molecule has 2 aromatic carbocycles. The van der Waals surface area contributed by atoms with Crippen LogP contribution < -0.4 is 30.6 Å². The van der Waals surface area contributed by atoms with Crippen molar-refractivity contribution in [3.05, 3.63) is 59.1 Å². The van der Waals surface area contributed by atoms with Crippen molar-refractivity contribution >= 4 is 30.5 Å². The maximum Gasteiger partial charge on any atom is 0.231 e. The first-order chi connectivity index (χ1) is 11.7. The van der Waals surface area contributed by atoms with Crippen LogP contribution >= 0.6 is 24.8 Å². The van der Waals surface area contributed by atoms with Gasteiger partial charge in [0.1, 0.15) is 11.6 Å². The third-order valence-electron chi connectivity index (χ3n) is 4.05. The molecule has 2 heterocycles. The highest BCUT2D eigenvalue weighted by atomic mass is 35.5. The summed E-state index contributed by atoms with van der Waals surface area (Å²) < 4.78 is 16.4. The molecule has 0 fully saturated rings. The number of hydrogen-bond acceptors (Lipinski definition) is 6. The van der Waals surface area contributed by atoms with Gasteiger partial charge < -0.3 is 30.6 Å². The van der Waals surface area contributed by atoms with E-state index in [1.54, 1.807) is 0 Å². The summed E-state index contributed by atoms with van der Waals surface area (Å²) in [7, 11) is 0. The molecule has 0 radical (unpaired) electrons. The first kappa shape index (κ1) is 20.0. The Morgan fingerprint density at radius 2 is 1.62 bits per heavy atom. The first-order valence-corrected chi connectivity index (χ1v) is 7.82. The zero-order chi connectivity index (χ0) is 16.5. The Hall–Kier alpha value is -2.28. The normalized spacial score (nSPS) is 13.7. The Labute approximate surface area is 164 Å². The Bertz CT molecular complexity index is 827. The fourth-order valence-corrected chi connectivity index (χ4v) is 2.73. The molecule has 4 rings (SSSR count). The molecule has 4 N–H and O–H groups in total. The van der Waals surface area contributed by atoms with Gasteiger partial charge in [0, 0.05) is 13.1 Å². The Balaban J connectivity index is 0.00000121. The second-order valence-corrected chi connectivity index (χ2v) is 5.82.